The molecule has 0 aromatic heterocycles. The molecular weight excluding hydrogens is 1330 g/mol. The fourth-order valence-electron chi connectivity index (χ4n) is 6.28. The second kappa shape index (κ2) is 35.5. The van der Waals surface area contributed by atoms with E-state index in [0.29, 0.717) is 80.6 Å². The van der Waals surface area contributed by atoms with E-state index in [1.165, 1.54) is 32.1 Å². The van der Waals surface area contributed by atoms with Gasteiger partial charge in [-0.1, -0.05) is 0 Å². The molecule has 2 aromatic carbocycles. The third kappa shape index (κ3) is 25.7. The highest BCUT2D eigenvalue weighted by atomic mass is 127. The van der Waals surface area contributed by atoms with Gasteiger partial charge in [-0.15, -0.1) is 0 Å². The Morgan fingerprint density at radius 1 is 0.613 bits per heavy atom. The molecule has 3 rings (SSSR count). The molecule has 1 heterocycles. The molecule has 25 nitrogen and oxygen atoms in total. The number of phenols is 1. The fraction of sp³-hybridized carbons (Fsp3) is 0.511. The van der Waals surface area contributed by atoms with E-state index >= 15 is 0 Å². The van der Waals surface area contributed by atoms with Crippen LogP contribution >= 0.6 is 67.8 Å². The van der Waals surface area contributed by atoms with Crippen molar-refractivity contribution in [2.75, 3.05) is 92.4 Å². The lowest BCUT2D eigenvalue weighted by atomic mass is 10.0. The first kappa shape index (κ1) is 64.4. The number of primary amides is 1. The monoisotopic (exact) mass is 1390 g/mol. The maximum atomic E-state index is 13.3. The Labute approximate surface area is 473 Å². The summed E-state index contributed by atoms with van der Waals surface area (Å²) in [6, 6.07) is 2.69. The number of rotatable bonds is 38. The number of benzene rings is 2. The standard InChI is InChI=1S/C47H62I3N7O18/c1-28(53-40(61)8-11-69-13-15-71-17-19-73-21-22-74-20-18-72-16-14-70-12-9-52-39(60)7-10-57-41(62)5-6-42(57)63)44(64)54-29(2)45(65)55-35(27-38(51)59)46(66)56-36(47(67)68)25-30-23-33(49)43(34(50)24-30)75-31-3-4-37(58)32(48)26-31/h3-6,23-24,26,28-29,35-36,58H,7-22,25,27H2,1-2H3,(H2,51,59)(H,52,60)(H,53,61)(H,54,64)(H,55,65)(H,56,66)(H,67,68)/t28-,29-,35+,36-/m0/s1. The average molecular weight is 1390 g/mol. The van der Waals surface area contributed by atoms with Crippen molar-refractivity contribution in [1.82, 2.24) is 31.5 Å². The topological polar surface area (TPSA) is 348 Å². The molecule has 8 amide bonds. The minimum Gasteiger partial charge on any atom is -0.507 e. The molecule has 0 bridgehead atoms. The van der Waals surface area contributed by atoms with E-state index in [0.717, 1.165) is 4.90 Å². The number of aromatic hydroxyl groups is 1. The van der Waals surface area contributed by atoms with Crippen molar-refractivity contribution in [2.45, 2.75) is 63.7 Å². The number of nitrogens with one attached hydrogen (secondary N) is 5. The second-order valence-electron chi connectivity index (χ2n) is 16.1. The normalized spacial score (nSPS) is 13.6. The molecular formula is C47H62I3N7O18. The van der Waals surface area contributed by atoms with E-state index in [1.54, 1.807) is 24.3 Å². The smallest absolute Gasteiger partial charge is 0.326 e. The van der Waals surface area contributed by atoms with E-state index in [1.807, 2.05) is 67.8 Å². The molecule has 1 aliphatic rings. The lowest BCUT2D eigenvalue weighted by Gasteiger charge is -2.23. The van der Waals surface area contributed by atoms with Crippen LogP contribution in [-0.4, -0.2) is 185 Å². The van der Waals surface area contributed by atoms with E-state index < -0.39 is 77.9 Å². The molecule has 9 N–H and O–H groups in total. The summed E-state index contributed by atoms with van der Waals surface area (Å²) in [6.07, 6.45) is 1.41. The number of nitrogens with zero attached hydrogens (tertiary/aromatic N) is 1. The Kier molecular flexibility index (Phi) is 30.5. The van der Waals surface area contributed by atoms with Gasteiger partial charge in [0, 0.05) is 44.5 Å². The maximum absolute atomic E-state index is 13.3. The molecule has 0 aliphatic carbocycles. The van der Waals surface area contributed by atoms with Gasteiger partial charge in [0.1, 0.15) is 35.7 Å². The summed E-state index contributed by atoms with van der Waals surface area (Å²) in [6.45, 7) is 6.49. The van der Waals surface area contributed by atoms with E-state index in [9.17, 15) is 53.4 Å². The highest BCUT2D eigenvalue weighted by molar-refractivity contribution is 14.1. The third-order valence-corrected chi connectivity index (χ3v) is 12.6. The summed E-state index contributed by atoms with van der Waals surface area (Å²) < 4.78 is 40.5. The van der Waals surface area contributed by atoms with Gasteiger partial charge < -0.3 is 75.7 Å². The molecule has 0 unspecified atom stereocenters. The molecule has 75 heavy (non-hydrogen) atoms. The SMILES string of the molecule is C[C@H](NC(=O)CCOCCOCCOCCOCCOCCOCCNC(=O)CCN1C(=O)C=CC1=O)C(=O)N[C@@H](C)C(=O)N[C@H](CC(N)=O)C(=O)N[C@@H](Cc1cc(I)c(Oc2ccc(O)c(I)c2)c(I)c1)C(=O)O. The predicted octanol–water partition coefficient (Wildman–Crippen LogP) is 0.401. The number of aliphatic carboxylic acids is 1. The minimum absolute atomic E-state index is 0.0129. The number of halogens is 3. The number of nitrogens with two attached hydrogens (primary N) is 1. The van der Waals surface area contributed by atoms with Gasteiger partial charge in [0.05, 0.1) is 96.4 Å². The number of imide groups is 1. The van der Waals surface area contributed by atoms with Crippen LogP contribution < -0.4 is 37.1 Å². The number of hydrogen-bond acceptors (Lipinski definition) is 17. The average Bonchev–Trinajstić information content (AvgIpc) is 3.67. The minimum atomic E-state index is -1.59. The van der Waals surface area contributed by atoms with E-state index in [4.69, 9.17) is 38.9 Å². The van der Waals surface area contributed by atoms with Crippen molar-refractivity contribution in [3.8, 4) is 17.2 Å². The Balaban J connectivity index is 1.21. The van der Waals surface area contributed by atoms with Crippen LogP contribution in [0.3, 0.4) is 0 Å². The quantitative estimate of drug-likeness (QED) is 0.0256. The summed E-state index contributed by atoms with van der Waals surface area (Å²) in [5, 5.41) is 32.1. The third-order valence-electron chi connectivity index (χ3n) is 10.2. The Morgan fingerprint density at radius 2 is 1.11 bits per heavy atom. The number of hydrogen-bond donors (Lipinski definition) is 8. The molecule has 1 aliphatic heterocycles. The van der Waals surface area contributed by atoms with Crippen molar-refractivity contribution in [3.63, 3.8) is 0 Å². The lowest BCUT2D eigenvalue weighted by Crippen LogP contribution is -2.57. The summed E-state index contributed by atoms with van der Waals surface area (Å²) in [4.78, 5) is 112. The number of phenolic OH excluding ortho intramolecular Hbond substituents is 1. The Hall–Kier alpha value is -4.84. The van der Waals surface area contributed by atoms with Crippen LogP contribution in [0.2, 0.25) is 0 Å². The van der Waals surface area contributed by atoms with E-state index in [2.05, 4.69) is 26.6 Å². The van der Waals surface area contributed by atoms with Crippen LogP contribution in [0.4, 0.5) is 0 Å². The van der Waals surface area contributed by atoms with Gasteiger partial charge in [-0.2, -0.15) is 0 Å². The van der Waals surface area contributed by atoms with Gasteiger partial charge in [-0.25, -0.2) is 4.79 Å². The zero-order chi connectivity index (χ0) is 55.3. The molecule has 414 valence electrons. The first-order valence-corrected chi connectivity index (χ1v) is 26.6. The Bertz CT molecular complexity index is 2270. The zero-order valence-electron chi connectivity index (χ0n) is 41.2. The van der Waals surface area contributed by atoms with Crippen molar-refractivity contribution in [3.05, 3.63) is 58.8 Å². The number of amides is 8. The number of carboxylic acid groups (broad SMARTS) is 1. The molecule has 4 atom stereocenters. The number of carbonyl (C=O) groups is 9. The van der Waals surface area contributed by atoms with Gasteiger partial charge in [-0.05, 0) is 118 Å². The van der Waals surface area contributed by atoms with Gasteiger partial charge in [-0.3, -0.25) is 43.3 Å². The highest BCUT2D eigenvalue weighted by Gasteiger charge is 2.31. The first-order valence-electron chi connectivity index (χ1n) is 23.4. The van der Waals surface area contributed by atoms with Crippen LogP contribution in [-0.2, 0) is 78.0 Å². The number of ether oxygens (including phenoxy) is 7. The molecule has 0 saturated heterocycles. The summed E-state index contributed by atoms with van der Waals surface area (Å²) in [5.41, 5.74) is 5.88. The van der Waals surface area contributed by atoms with Crippen LogP contribution in [0.25, 0.3) is 0 Å². The van der Waals surface area contributed by atoms with Crippen molar-refractivity contribution >= 4 is 121 Å². The van der Waals surface area contributed by atoms with Crippen molar-refractivity contribution < 1.29 is 86.5 Å². The summed E-state index contributed by atoms with van der Waals surface area (Å²) >= 11 is 6.03. The van der Waals surface area contributed by atoms with Crippen LogP contribution in [0.5, 0.6) is 17.2 Å². The second-order valence-corrected chi connectivity index (χ2v) is 19.6. The molecule has 0 spiro atoms. The first-order chi connectivity index (χ1) is 35.7. The molecule has 0 saturated carbocycles. The Morgan fingerprint density at radius 3 is 1.63 bits per heavy atom. The zero-order valence-corrected chi connectivity index (χ0v) is 47.6. The van der Waals surface area contributed by atoms with Gasteiger partial charge in [0.25, 0.3) is 11.8 Å². The van der Waals surface area contributed by atoms with Crippen molar-refractivity contribution in [2.24, 2.45) is 5.73 Å². The molecule has 0 fully saturated rings. The van der Waals surface area contributed by atoms with Crippen molar-refractivity contribution in [1.29, 1.82) is 0 Å². The number of carboxylic acids is 1. The lowest BCUT2D eigenvalue weighted by molar-refractivity contribution is -0.142. The van der Waals surface area contributed by atoms with Gasteiger partial charge in [0.2, 0.25) is 35.4 Å². The van der Waals surface area contributed by atoms with Gasteiger partial charge in [0.15, 0.2) is 5.75 Å². The van der Waals surface area contributed by atoms with E-state index in [-0.39, 0.29) is 70.4 Å². The fourth-order valence-corrected chi connectivity index (χ4v) is 8.88. The van der Waals surface area contributed by atoms with Crippen LogP contribution in [0.1, 0.15) is 38.7 Å². The van der Waals surface area contributed by atoms with Gasteiger partial charge >= 0.3 is 5.97 Å². The highest BCUT2D eigenvalue weighted by Crippen LogP contribution is 2.35. The largest absolute Gasteiger partial charge is 0.507 e. The maximum Gasteiger partial charge on any atom is 0.326 e. The summed E-state index contributed by atoms with van der Waals surface area (Å²) in [5.74, 6) is -5.57. The molecule has 2 aromatic rings. The molecule has 28 heteroatoms. The predicted molar refractivity (Wildman–Crippen MR) is 290 cm³/mol. The molecule has 0 radical (unpaired) electrons. The van der Waals surface area contributed by atoms with Crippen LogP contribution in [0.15, 0.2) is 42.5 Å². The van der Waals surface area contributed by atoms with Crippen LogP contribution in [0, 0.1) is 10.7 Å². The number of carbonyl (C=O) groups excluding carboxylic acids is 8. The summed E-state index contributed by atoms with van der Waals surface area (Å²) in [7, 11) is 0.